The standard InChI is InChI=1S/C22H37N5O/c1-4-7-14-24-21(28)19-12-10-18(11-13-19)16-25-22(23-5-2)26-17-20-9-8-15-27(20)6-3/h10-13,20H,4-9,14-17H2,1-3H3,(H,24,28)(H2,23,25,26). The van der Waals surface area contributed by atoms with Gasteiger partial charge in [0.05, 0.1) is 6.54 Å². The lowest BCUT2D eigenvalue weighted by Gasteiger charge is -2.24. The molecule has 0 radical (unpaired) electrons. The van der Waals surface area contributed by atoms with Crippen molar-refractivity contribution >= 4 is 11.9 Å². The Balaban J connectivity index is 1.86. The van der Waals surface area contributed by atoms with Crippen LogP contribution >= 0.6 is 0 Å². The Labute approximate surface area is 170 Å². The Morgan fingerprint density at radius 3 is 2.61 bits per heavy atom. The number of guanidine groups is 1. The lowest BCUT2D eigenvalue weighted by Crippen LogP contribution is -2.44. The summed E-state index contributed by atoms with van der Waals surface area (Å²) in [5.41, 5.74) is 1.80. The molecule has 0 aromatic heterocycles. The molecule has 1 aliphatic rings. The summed E-state index contributed by atoms with van der Waals surface area (Å²) in [5, 5.41) is 9.76. The Morgan fingerprint density at radius 1 is 1.14 bits per heavy atom. The van der Waals surface area contributed by atoms with Gasteiger partial charge < -0.3 is 16.0 Å². The van der Waals surface area contributed by atoms with Crippen LogP contribution in [0.2, 0.25) is 0 Å². The van der Waals surface area contributed by atoms with E-state index in [4.69, 9.17) is 4.99 Å². The fourth-order valence-corrected chi connectivity index (χ4v) is 3.51. The first-order valence-electron chi connectivity index (χ1n) is 10.8. The molecule has 1 saturated heterocycles. The van der Waals surface area contributed by atoms with E-state index in [0.29, 0.717) is 18.2 Å². The van der Waals surface area contributed by atoms with E-state index in [0.717, 1.165) is 50.5 Å². The van der Waals surface area contributed by atoms with Crippen LogP contribution in [0.15, 0.2) is 29.3 Å². The van der Waals surface area contributed by atoms with E-state index in [-0.39, 0.29) is 5.91 Å². The molecule has 1 aromatic carbocycles. The number of hydrogen-bond acceptors (Lipinski definition) is 3. The maximum atomic E-state index is 12.1. The molecule has 1 atom stereocenters. The molecule has 6 heteroatoms. The van der Waals surface area contributed by atoms with E-state index >= 15 is 0 Å². The van der Waals surface area contributed by atoms with Gasteiger partial charge in [0.25, 0.3) is 5.91 Å². The minimum absolute atomic E-state index is 0.00412. The van der Waals surface area contributed by atoms with Crippen LogP contribution < -0.4 is 16.0 Å². The summed E-state index contributed by atoms with van der Waals surface area (Å²) in [6.45, 7) is 11.8. The average Bonchev–Trinajstić information content (AvgIpc) is 3.18. The van der Waals surface area contributed by atoms with Crippen LogP contribution in [0, 0.1) is 0 Å². The molecule has 6 nitrogen and oxygen atoms in total. The molecule has 1 fully saturated rings. The molecule has 1 unspecified atom stereocenters. The van der Waals surface area contributed by atoms with Gasteiger partial charge in [-0.3, -0.25) is 9.69 Å². The number of benzene rings is 1. The van der Waals surface area contributed by atoms with Crippen LogP contribution in [0.5, 0.6) is 0 Å². The topological polar surface area (TPSA) is 68.8 Å². The minimum atomic E-state index is -0.00412. The van der Waals surface area contributed by atoms with E-state index in [9.17, 15) is 4.79 Å². The fourth-order valence-electron chi connectivity index (χ4n) is 3.51. The first-order chi connectivity index (χ1) is 13.7. The van der Waals surface area contributed by atoms with Gasteiger partial charge in [0.15, 0.2) is 5.96 Å². The maximum absolute atomic E-state index is 12.1. The van der Waals surface area contributed by atoms with Crippen LogP contribution in [0.4, 0.5) is 0 Å². The molecule has 2 rings (SSSR count). The summed E-state index contributed by atoms with van der Waals surface area (Å²) in [4.78, 5) is 19.3. The zero-order valence-corrected chi connectivity index (χ0v) is 17.8. The number of nitrogens with zero attached hydrogens (tertiary/aromatic N) is 2. The molecule has 0 spiro atoms. The van der Waals surface area contributed by atoms with E-state index in [1.54, 1.807) is 0 Å². The molecule has 1 amide bonds. The van der Waals surface area contributed by atoms with E-state index in [2.05, 4.69) is 41.6 Å². The highest BCUT2D eigenvalue weighted by Gasteiger charge is 2.22. The number of rotatable bonds is 10. The second kappa shape index (κ2) is 12.4. The molecule has 1 aliphatic heterocycles. The SMILES string of the molecule is CCCCNC(=O)c1ccc(CN=C(NCC)NCC2CCCN2CC)cc1. The number of nitrogens with one attached hydrogen (secondary N) is 3. The Bertz CT molecular complexity index is 614. The normalized spacial score (nSPS) is 17.5. The van der Waals surface area contributed by atoms with Gasteiger partial charge >= 0.3 is 0 Å². The zero-order chi connectivity index (χ0) is 20.2. The van der Waals surface area contributed by atoms with Crippen molar-refractivity contribution in [3.05, 3.63) is 35.4 Å². The summed E-state index contributed by atoms with van der Waals surface area (Å²) in [6, 6.07) is 8.32. The van der Waals surface area contributed by atoms with Gasteiger partial charge in [0.2, 0.25) is 0 Å². The molecule has 0 bridgehead atoms. The Hall–Kier alpha value is -2.08. The predicted molar refractivity (Wildman–Crippen MR) is 117 cm³/mol. The smallest absolute Gasteiger partial charge is 0.251 e. The third-order valence-electron chi connectivity index (χ3n) is 5.21. The van der Waals surface area contributed by atoms with Gasteiger partial charge in [-0.2, -0.15) is 0 Å². The number of aliphatic imine (C=N–C) groups is 1. The number of amides is 1. The van der Waals surface area contributed by atoms with Crippen molar-refractivity contribution < 1.29 is 4.79 Å². The predicted octanol–water partition coefficient (Wildman–Crippen LogP) is 2.76. The Kier molecular flexibility index (Phi) is 9.83. The third kappa shape index (κ3) is 7.15. The number of carbonyl (C=O) groups is 1. The highest BCUT2D eigenvalue weighted by molar-refractivity contribution is 5.94. The number of likely N-dealkylation sites (N-methyl/N-ethyl adjacent to an activating group) is 1. The van der Waals surface area contributed by atoms with Gasteiger partial charge in [-0.15, -0.1) is 0 Å². The molecule has 3 N–H and O–H groups in total. The van der Waals surface area contributed by atoms with E-state index in [1.165, 1.54) is 19.4 Å². The van der Waals surface area contributed by atoms with Crippen molar-refractivity contribution in [1.29, 1.82) is 0 Å². The second-order valence-electron chi connectivity index (χ2n) is 7.31. The second-order valence-corrected chi connectivity index (χ2v) is 7.31. The minimum Gasteiger partial charge on any atom is -0.357 e. The highest BCUT2D eigenvalue weighted by atomic mass is 16.1. The largest absolute Gasteiger partial charge is 0.357 e. The molecule has 28 heavy (non-hydrogen) atoms. The van der Waals surface area contributed by atoms with Crippen LogP contribution in [0.1, 0.15) is 62.4 Å². The van der Waals surface area contributed by atoms with Crippen molar-refractivity contribution in [3.8, 4) is 0 Å². The summed E-state index contributed by atoms with van der Waals surface area (Å²) < 4.78 is 0. The molecule has 156 valence electrons. The molecule has 0 aliphatic carbocycles. The van der Waals surface area contributed by atoms with Crippen LogP contribution in [-0.2, 0) is 6.54 Å². The van der Waals surface area contributed by atoms with Crippen molar-refractivity contribution in [2.24, 2.45) is 4.99 Å². The van der Waals surface area contributed by atoms with Gasteiger partial charge in [0.1, 0.15) is 0 Å². The lowest BCUT2D eigenvalue weighted by molar-refractivity contribution is 0.0953. The first-order valence-corrected chi connectivity index (χ1v) is 10.8. The van der Waals surface area contributed by atoms with E-state index < -0.39 is 0 Å². The summed E-state index contributed by atoms with van der Waals surface area (Å²) >= 11 is 0. The Morgan fingerprint density at radius 2 is 1.93 bits per heavy atom. The zero-order valence-electron chi connectivity index (χ0n) is 17.8. The summed E-state index contributed by atoms with van der Waals surface area (Å²) in [6.07, 6.45) is 4.63. The fraction of sp³-hybridized carbons (Fsp3) is 0.636. The monoisotopic (exact) mass is 387 g/mol. The van der Waals surface area contributed by atoms with E-state index in [1.807, 2.05) is 24.3 Å². The first kappa shape index (κ1) is 22.2. The average molecular weight is 388 g/mol. The quantitative estimate of drug-likeness (QED) is 0.328. The van der Waals surface area contributed by atoms with Crippen LogP contribution in [0.25, 0.3) is 0 Å². The van der Waals surface area contributed by atoms with Crippen molar-refractivity contribution in [2.75, 3.05) is 32.7 Å². The van der Waals surface area contributed by atoms with Gasteiger partial charge in [-0.1, -0.05) is 32.4 Å². The van der Waals surface area contributed by atoms with Gasteiger partial charge in [-0.25, -0.2) is 4.99 Å². The molecule has 1 aromatic rings. The van der Waals surface area contributed by atoms with Crippen LogP contribution in [0.3, 0.4) is 0 Å². The summed E-state index contributed by atoms with van der Waals surface area (Å²) in [5.74, 6) is 0.849. The molecular formula is C22H37N5O. The summed E-state index contributed by atoms with van der Waals surface area (Å²) in [7, 11) is 0. The van der Waals surface area contributed by atoms with Gasteiger partial charge in [0, 0.05) is 31.2 Å². The lowest BCUT2D eigenvalue weighted by atomic mass is 10.1. The van der Waals surface area contributed by atoms with Gasteiger partial charge in [-0.05, 0) is 57.0 Å². The van der Waals surface area contributed by atoms with Crippen LogP contribution in [-0.4, -0.2) is 55.5 Å². The number of likely N-dealkylation sites (tertiary alicyclic amines) is 1. The molecular weight excluding hydrogens is 350 g/mol. The van der Waals surface area contributed by atoms with Crippen molar-refractivity contribution in [2.45, 2.75) is 59.0 Å². The molecule has 1 heterocycles. The van der Waals surface area contributed by atoms with Crippen molar-refractivity contribution in [1.82, 2.24) is 20.9 Å². The van der Waals surface area contributed by atoms with Crippen molar-refractivity contribution in [3.63, 3.8) is 0 Å². The number of carbonyl (C=O) groups excluding carboxylic acids is 1. The third-order valence-corrected chi connectivity index (χ3v) is 5.21. The number of unbranched alkanes of at least 4 members (excludes halogenated alkanes) is 1. The highest BCUT2D eigenvalue weighted by Crippen LogP contribution is 2.15. The molecule has 0 saturated carbocycles. The number of hydrogen-bond donors (Lipinski definition) is 3. The maximum Gasteiger partial charge on any atom is 0.251 e.